The third-order valence-corrected chi connectivity index (χ3v) is 3.16. The molecule has 2 unspecified atom stereocenters. The third kappa shape index (κ3) is 6.67. The van der Waals surface area contributed by atoms with Crippen LogP contribution in [0.5, 0.6) is 0 Å². The number of piperidine rings is 1. The molecule has 100 valence electrons. The Bertz CT molecular complexity index is 239. The molecule has 1 fully saturated rings. The van der Waals surface area contributed by atoms with E-state index in [0.29, 0.717) is 23.8 Å². The van der Waals surface area contributed by atoms with Gasteiger partial charge in [0, 0.05) is 19.0 Å². The highest BCUT2D eigenvalue weighted by Gasteiger charge is 2.20. The van der Waals surface area contributed by atoms with Crippen LogP contribution < -0.4 is 10.6 Å². The zero-order chi connectivity index (χ0) is 12.9. The lowest BCUT2D eigenvalue weighted by atomic mass is 9.84. The monoisotopic (exact) mass is 240 g/mol. The van der Waals surface area contributed by atoms with Crippen molar-refractivity contribution >= 4 is 5.91 Å². The topological polar surface area (TPSA) is 41.1 Å². The maximum absolute atomic E-state index is 11.9. The summed E-state index contributed by atoms with van der Waals surface area (Å²) < 4.78 is 0. The van der Waals surface area contributed by atoms with E-state index < -0.39 is 0 Å². The maximum Gasteiger partial charge on any atom is 0.220 e. The first-order valence-corrected chi connectivity index (χ1v) is 6.87. The quantitative estimate of drug-likeness (QED) is 0.792. The van der Waals surface area contributed by atoms with Crippen LogP contribution in [0.4, 0.5) is 0 Å². The summed E-state index contributed by atoms with van der Waals surface area (Å²) in [7, 11) is 0. The number of hydrogen-bond acceptors (Lipinski definition) is 2. The van der Waals surface area contributed by atoms with Crippen LogP contribution in [0.15, 0.2) is 0 Å². The summed E-state index contributed by atoms with van der Waals surface area (Å²) >= 11 is 0. The van der Waals surface area contributed by atoms with Crippen molar-refractivity contribution in [2.75, 3.05) is 13.1 Å². The zero-order valence-electron chi connectivity index (χ0n) is 11.8. The van der Waals surface area contributed by atoms with Gasteiger partial charge in [0.25, 0.3) is 0 Å². The van der Waals surface area contributed by atoms with Crippen molar-refractivity contribution in [2.45, 2.75) is 59.4 Å². The fourth-order valence-corrected chi connectivity index (χ4v) is 2.70. The van der Waals surface area contributed by atoms with Gasteiger partial charge >= 0.3 is 0 Å². The van der Waals surface area contributed by atoms with E-state index in [9.17, 15) is 4.79 Å². The fourth-order valence-electron chi connectivity index (χ4n) is 2.70. The van der Waals surface area contributed by atoms with Gasteiger partial charge in [-0.3, -0.25) is 4.79 Å². The molecular weight excluding hydrogens is 212 g/mol. The molecule has 1 saturated heterocycles. The minimum atomic E-state index is 0.218. The Morgan fingerprint density at radius 1 is 1.47 bits per heavy atom. The Kier molecular flexibility index (Phi) is 5.44. The highest BCUT2D eigenvalue weighted by atomic mass is 16.1. The van der Waals surface area contributed by atoms with Crippen molar-refractivity contribution in [2.24, 2.45) is 11.3 Å². The van der Waals surface area contributed by atoms with Crippen LogP contribution in [0, 0.1) is 11.3 Å². The molecule has 0 aromatic heterocycles. The lowest BCUT2D eigenvalue weighted by molar-refractivity contribution is -0.122. The van der Waals surface area contributed by atoms with Crippen LogP contribution in [0.1, 0.15) is 53.4 Å². The summed E-state index contributed by atoms with van der Waals surface area (Å²) in [4.78, 5) is 11.9. The van der Waals surface area contributed by atoms with Gasteiger partial charge in [0.05, 0.1) is 0 Å². The highest BCUT2D eigenvalue weighted by molar-refractivity contribution is 5.76. The second kappa shape index (κ2) is 6.39. The molecule has 2 atom stereocenters. The van der Waals surface area contributed by atoms with Crippen molar-refractivity contribution in [1.82, 2.24) is 10.6 Å². The molecule has 3 heteroatoms. The van der Waals surface area contributed by atoms with Gasteiger partial charge in [-0.2, -0.15) is 0 Å². The molecule has 0 spiro atoms. The standard InChI is InChI=1S/C14H28N2O/c1-11(9-14(2,3)4)8-13(17)16-12-6-5-7-15-10-12/h11-12,15H,5-10H2,1-4H3,(H,16,17). The summed E-state index contributed by atoms with van der Waals surface area (Å²) in [6.45, 7) is 10.9. The van der Waals surface area contributed by atoms with E-state index in [4.69, 9.17) is 0 Å². The van der Waals surface area contributed by atoms with Crippen LogP contribution in [-0.2, 0) is 4.79 Å². The minimum Gasteiger partial charge on any atom is -0.352 e. The van der Waals surface area contributed by atoms with E-state index >= 15 is 0 Å². The Morgan fingerprint density at radius 2 is 2.18 bits per heavy atom. The van der Waals surface area contributed by atoms with Crippen LogP contribution in [0.25, 0.3) is 0 Å². The van der Waals surface area contributed by atoms with Gasteiger partial charge in [0.2, 0.25) is 5.91 Å². The minimum absolute atomic E-state index is 0.218. The number of rotatable bonds is 4. The molecule has 3 nitrogen and oxygen atoms in total. The number of hydrogen-bond donors (Lipinski definition) is 2. The van der Waals surface area contributed by atoms with E-state index in [-0.39, 0.29) is 5.91 Å². The average Bonchev–Trinajstić information content (AvgIpc) is 2.15. The fraction of sp³-hybridized carbons (Fsp3) is 0.929. The lowest BCUT2D eigenvalue weighted by Crippen LogP contribution is -2.45. The van der Waals surface area contributed by atoms with Crippen molar-refractivity contribution < 1.29 is 4.79 Å². The molecule has 1 aliphatic rings. The molecule has 0 radical (unpaired) electrons. The zero-order valence-corrected chi connectivity index (χ0v) is 11.8. The molecule has 0 aliphatic carbocycles. The third-order valence-electron chi connectivity index (χ3n) is 3.16. The molecule has 0 saturated carbocycles. The van der Waals surface area contributed by atoms with E-state index in [0.717, 1.165) is 25.9 Å². The van der Waals surface area contributed by atoms with Gasteiger partial charge in [0.15, 0.2) is 0 Å². The van der Waals surface area contributed by atoms with E-state index in [1.54, 1.807) is 0 Å². The second-order valence-electron chi connectivity index (χ2n) is 6.68. The normalized spacial score (nSPS) is 23.2. The number of amides is 1. The maximum atomic E-state index is 11.9. The molecular formula is C14H28N2O. The molecule has 1 rings (SSSR count). The van der Waals surface area contributed by atoms with E-state index in [1.165, 1.54) is 6.42 Å². The van der Waals surface area contributed by atoms with Crippen molar-refractivity contribution in [1.29, 1.82) is 0 Å². The average molecular weight is 240 g/mol. The van der Waals surface area contributed by atoms with Crippen LogP contribution in [0.2, 0.25) is 0 Å². The molecule has 1 amide bonds. The molecule has 0 aromatic carbocycles. The molecule has 2 N–H and O–H groups in total. The Labute approximate surface area is 106 Å². The number of nitrogens with one attached hydrogen (secondary N) is 2. The first kappa shape index (κ1) is 14.5. The summed E-state index contributed by atoms with van der Waals surface area (Å²) in [5.74, 6) is 0.682. The molecule has 0 bridgehead atoms. The number of carbonyl (C=O) groups is 1. The first-order valence-electron chi connectivity index (χ1n) is 6.87. The van der Waals surface area contributed by atoms with Crippen molar-refractivity contribution in [3.8, 4) is 0 Å². The predicted octanol–water partition coefficient (Wildman–Crippen LogP) is 2.32. The molecule has 0 aromatic rings. The Balaban J connectivity index is 2.23. The van der Waals surface area contributed by atoms with Gasteiger partial charge < -0.3 is 10.6 Å². The van der Waals surface area contributed by atoms with Gasteiger partial charge in [-0.05, 0) is 37.1 Å². The van der Waals surface area contributed by atoms with Gasteiger partial charge in [-0.1, -0.05) is 27.7 Å². The second-order valence-corrected chi connectivity index (χ2v) is 6.68. The van der Waals surface area contributed by atoms with Crippen LogP contribution in [-0.4, -0.2) is 25.0 Å². The molecule has 17 heavy (non-hydrogen) atoms. The largest absolute Gasteiger partial charge is 0.352 e. The molecule has 1 heterocycles. The Morgan fingerprint density at radius 3 is 2.71 bits per heavy atom. The van der Waals surface area contributed by atoms with Crippen LogP contribution >= 0.6 is 0 Å². The number of carbonyl (C=O) groups excluding carboxylic acids is 1. The highest BCUT2D eigenvalue weighted by Crippen LogP contribution is 2.25. The van der Waals surface area contributed by atoms with Crippen LogP contribution in [0.3, 0.4) is 0 Å². The lowest BCUT2D eigenvalue weighted by Gasteiger charge is -2.26. The summed E-state index contributed by atoms with van der Waals surface area (Å²) in [6, 6.07) is 0.345. The van der Waals surface area contributed by atoms with Crippen molar-refractivity contribution in [3.63, 3.8) is 0 Å². The van der Waals surface area contributed by atoms with Gasteiger partial charge in [0.1, 0.15) is 0 Å². The molecule has 1 aliphatic heterocycles. The summed E-state index contributed by atoms with van der Waals surface area (Å²) in [6.07, 6.45) is 4.05. The smallest absolute Gasteiger partial charge is 0.220 e. The summed E-state index contributed by atoms with van der Waals surface area (Å²) in [5.41, 5.74) is 0.312. The van der Waals surface area contributed by atoms with E-state index in [1.807, 2.05) is 0 Å². The van der Waals surface area contributed by atoms with Gasteiger partial charge in [-0.15, -0.1) is 0 Å². The first-order chi connectivity index (χ1) is 7.87. The SMILES string of the molecule is CC(CC(=O)NC1CCCNC1)CC(C)(C)C. The van der Waals surface area contributed by atoms with Crippen molar-refractivity contribution in [3.05, 3.63) is 0 Å². The predicted molar refractivity (Wildman–Crippen MR) is 71.9 cm³/mol. The Hall–Kier alpha value is -0.570. The van der Waals surface area contributed by atoms with Gasteiger partial charge in [-0.25, -0.2) is 0 Å². The van der Waals surface area contributed by atoms with E-state index in [2.05, 4.69) is 38.3 Å². The summed E-state index contributed by atoms with van der Waals surface area (Å²) in [5, 5.41) is 6.45.